The summed E-state index contributed by atoms with van der Waals surface area (Å²) in [7, 11) is 0. The SMILES string of the molecule is CC1CN(C(=O)CCC(=O)N2CCN(C[C@H]3CN[C@H](C)CN3CC(=O)N3CC(C)(C)c4[nH]c(=O)c(Cc5ccc(F)cc5)cc43)C(C)C2)CCN1C[C@H]1CN[C@H](C)CN1CC(=O)N1CC(C)(C)c2[nH]c(=O)c(Cc3ccc(F)cc3)cc21. The number of hydrogen-bond donors (Lipinski definition) is 4. The Labute approximate surface area is 480 Å². The number of aromatic amines is 2. The van der Waals surface area contributed by atoms with Crippen molar-refractivity contribution in [1.82, 2.24) is 50.0 Å². The number of nitrogens with zero attached hydrogens (tertiary/aromatic N) is 8. The fourth-order valence-corrected chi connectivity index (χ4v) is 13.4. The predicted molar refractivity (Wildman–Crippen MR) is 313 cm³/mol. The standard InChI is InChI=1S/C62H84F2N12O6/c1-39-29-73(35-55(79)75-37-61(5,6)57-51(75)25-45(59(81)67-57)23-43-9-13-47(63)14-10-43)49(27-65-39)33-69-19-21-71(31-41(69)3)53(77)17-18-54(78)72-22-20-70(42(4)32-72)34-50-28-66-40(2)30-74(50)36-56(80)76-38-62(7,8)58-52(76)26-46(60(82)68-58)24-44-11-15-48(64)16-12-44/h9-16,25-26,39-42,49-50,65-66H,17-24,27-38H2,1-8H3,(H,67,81)(H,68,82)/t39-,40-,41?,42?,49-,50-/m1/s1. The van der Waals surface area contributed by atoms with Gasteiger partial charge in [0, 0.05) is 187 Å². The Kier molecular flexibility index (Phi) is 17.4. The Morgan fingerprint density at radius 3 is 1.27 bits per heavy atom. The van der Waals surface area contributed by atoms with E-state index in [-0.39, 0.29) is 109 Å². The summed E-state index contributed by atoms with van der Waals surface area (Å²) in [6.45, 7) is 25.8. The maximum absolute atomic E-state index is 14.4. The van der Waals surface area contributed by atoms with Crippen LogP contribution < -0.4 is 31.6 Å². The third kappa shape index (κ3) is 13.1. The number of H-pyrrole nitrogens is 2. The van der Waals surface area contributed by atoms with Crippen LogP contribution in [0, 0.1) is 11.6 Å². The van der Waals surface area contributed by atoms with Gasteiger partial charge in [0.05, 0.1) is 24.5 Å². The summed E-state index contributed by atoms with van der Waals surface area (Å²) < 4.78 is 27.3. The third-order valence-electron chi connectivity index (χ3n) is 18.3. The van der Waals surface area contributed by atoms with Gasteiger partial charge in [-0.25, -0.2) is 8.78 Å². The van der Waals surface area contributed by atoms with Crippen LogP contribution in [0.25, 0.3) is 0 Å². The molecule has 2 aromatic carbocycles. The van der Waals surface area contributed by atoms with Gasteiger partial charge in [0.25, 0.3) is 11.1 Å². The van der Waals surface area contributed by atoms with E-state index in [4.69, 9.17) is 0 Å². The first-order chi connectivity index (χ1) is 39.0. The highest BCUT2D eigenvalue weighted by atomic mass is 19.1. The van der Waals surface area contributed by atoms with E-state index in [2.05, 4.69) is 67.9 Å². The highest BCUT2D eigenvalue weighted by Gasteiger charge is 2.44. The molecule has 442 valence electrons. The lowest BCUT2D eigenvalue weighted by Gasteiger charge is -2.46. The molecule has 0 saturated carbocycles. The number of pyridine rings is 2. The minimum Gasteiger partial charge on any atom is -0.340 e. The number of hydrogen-bond acceptors (Lipinski definition) is 12. The number of amides is 4. The van der Waals surface area contributed by atoms with Crippen molar-refractivity contribution in [3.05, 3.63) is 127 Å². The number of carbonyl (C=O) groups excluding carboxylic acids is 4. The first kappa shape index (κ1) is 59.0. The zero-order valence-corrected chi connectivity index (χ0v) is 49.2. The molecule has 0 bridgehead atoms. The quantitative estimate of drug-likeness (QED) is 0.136. The molecule has 6 aliphatic rings. The molecule has 4 amide bonds. The van der Waals surface area contributed by atoms with Gasteiger partial charge in [0.1, 0.15) is 11.6 Å². The summed E-state index contributed by atoms with van der Waals surface area (Å²) in [5, 5.41) is 7.25. The molecular weight excluding hydrogens is 1050 g/mol. The second-order valence-electron chi connectivity index (χ2n) is 25.8. The zero-order chi connectivity index (χ0) is 58.4. The Morgan fingerprint density at radius 1 is 0.524 bits per heavy atom. The summed E-state index contributed by atoms with van der Waals surface area (Å²) >= 11 is 0. The molecule has 4 saturated heterocycles. The molecule has 10 rings (SSSR count). The highest BCUT2D eigenvalue weighted by molar-refractivity contribution is 5.98. The van der Waals surface area contributed by atoms with Crippen molar-refractivity contribution >= 4 is 35.0 Å². The summed E-state index contributed by atoms with van der Waals surface area (Å²) in [6.07, 6.45) is 0.935. The molecule has 4 N–H and O–H groups in total. The number of halogens is 2. The Balaban J connectivity index is 0.687. The van der Waals surface area contributed by atoms with Crippen molar-refractivity contribution in [1.29, 1.82) is 0 Å². The van der Waals surface area contributed by atoms with Crippen molar-refractivity contribution in [2.75, 3.05) is 115 Å². The van der Waals surface area contributed by atoms with Crippen molar-refractivity contribution in [2.24, 2.45) is 0 Å². The van der Waals surface area contributed by atoms with Crippen LogP contribution in [-0.2, 0) is 42.8 Å². The first-order valence-corrected chi connectivity index (χ1v) is 29.6. The van der Waals surface area contributed by atoms with Crippen LogP contribution in [-0.4, -0.2) is 204 Å². The van der Waals surface area contributed by atoms with Gasteiger partial charge in [0.15, 0.2) is 0 Å². The Morgan fingerprint density at radius 2 is 0.902 bits per heavy atom. The van der Waals surface area contributed by atoms with E-state index in [1.165, 1.54) is 24.3 Å². The maximum Gasteiger partial charge on any atom is 0.251 e. The third-order valence-corrected chi connectivity index (χ3v) is 18.3. The van der Waals surface area contributed by atoms with Crippen LogP contribution in [0.3, 0.4) is 0 Å². The molecule has 2 aromatic heterocycles. The zero-order valence-electron chi connectivity index (χ0n) is 49.2. The van der Waals surface area contributed by atoms with Gasteiger partial charge in [-0.1, -0.05) is 52.0 Å². The normalized spacial score (nSPS) is 25.1. The Hall–Kier alpha value is -6.16. The summed E-state index contributed by atoms with van der Waals surface area (Å²) in [4.78, 5) is 106. The number of nitrogens with one attached hydrogen (secondary N) is 4. The average Bonchev–Trinajstić information content (AvgIpc) is 3.77. The molecule has 82 heavy (non-hydrogen) atoms. The lowest BCUT2D eigenvalue weighted by molar-refractivity contribution is -0.140. The van der Waals surface area contributed by atoms with Crippen molar-refractivity contribution < 1.29 is 28.0 Å². The second kappa shape index (κ2) is 24.2. The van der Waals surface area contributed by atoms with Crippen LogP contribution in [0.1, 0.15) is 102 Å². The lowest BCUT2D eigenvalue weighted by atomic mass is 9.91. The average molecular weight is 1130 g/mol. The first-order valence-electron chi connectivity index (χ1n) is 29.6. The van der Waals surface area contributed by atoms with Crippen molar-refractivity contribution in [3.8, 4) is 0 Å². The van der Waals surface area contributed by atoms with Gasteiger partial charge >= 0.3 is 0 Å². The smallest absolute Gasteiger partial charge is 0.251 e. The van der Waals surface area contributed by atoms with Crippen LogP contribution >= 0.6 is 0 Å². The summed E-state index contributed by atoms with van der Waals surface area (Å²) in [5.74, 6) is -0.776. The van der Waals surface area contributed by atoms with E-state index in [1.54, 1.807) is 24.3 Å². The largest absolute Gasteiger partial charge is 0.340 e. The van der Waals surface area contributed by atoms with Crippen LogP contribution in [0.5, 0.6) is 0 Å². The molecule has 4 fully saturated rings. The number of aromatic nitrogens is 2. The molecule has 0 spiro atoms. The number of anilines is 2. The summed E-state index contributed by atoms with van der Waals surface area (Å²) in [6, 6.07) is 16.5. The van der Waals surface area contributed by atoms with E-state index < -0.39 is 10.8 Å². The van der Waals surface area contributed by atoms with E-state index >= 15 is 0 Å². The van der Waals surface area contributed by atoms with Crippen LogP contribution in [0.15, 0.2) is 70.3 Å². The van der Waals surface area contributed by atoms with Gasteiger partial charge < -0.3 is 40.2 Å². The van der Waals surface area contributed by atoms with Crippen LogP contribution in [0.2, 0.25) is 0 Å². The minimum atomic E-state index is -0.456. The second-order valence-corrected chi connectivity index (χ2v) is 25.8. The van der Waals surface area contributed by atoms with E-state index in [0.29, 0.717) is 114 Å². The fraction of sp³-hybridized carbons (Fsp3) is 0.581. The van der Waals surface area contributed by atoms with E-state index in [0.717, 1.165) is 35.6 Å². The van der Waals surface area contributed by atoms with Crippen molar-refractivity contribution in [2.45, 2.75) is 128 Å². The molecular formula is C62H84F2N12O6. The minimum absolute atomic E-state index is 0.0173. The number of piperazine rings is 4. The molecule has 8 heterocycles. The van der Waals surface area contributed by atoms with Gasteiger partial charge in [0.2, 0.25) is 23.6 Å². The fourth-order valence-electron chi connectivity index (χ4n) is 13.4. The number of benzene rings is 2. The molecule has 20 heteroatoms. The van der Waals surface area contributed by atoms with E-state index in [9.17, 15) is 37.5 Å². The van der Waals surface area contributed by atoms with Crippen LogP contribution in [0.4, 0.5) is 20.2 Å². The molecule has 6 aliphatic heterocycles. The summed E-state index contributed by atoms with van der Waals surface area (Å²) in [5.41, 5.74) is 4.24. The number of rotatable bonds is 15. The maximum atomic E-state index is 14.4. The molecule has 4 aromatic rings. The number of carbonyl (C=O) groups is 4. The topological polar surface area (TPSA) is 184 Å². The predicted octanol–water partition coefficient (Wildman–Crippen LogP) is 3.64. The lowest BCUT2D eigenvalue weighted by Crippen LogP contribution is -2.63. The van der Waals surface area contributed by atoms with Gasteiger partial charge in [-0.15, -0.1) is 0 Å². The molecule has 18 nitrogen and oxygen atoms in total. The van der Waals surface area contributed by atoms with Gasteiger partial charge in [-0.2, -0.15) is 0 Å². The van der Waals surface area contributed by atoms with E-state index in [1.807, 2.05) is 59.4 Å². The van der Waals surface area contributed by atoms with Crippen molar-refractivity contribution in [3.63, 3.8) is 0 Å². The van der Waals surface area contributed by atoms with Gasteiger partial charge in [-0.3, -0.25) is 48.4 Å². The Bertz CT molecular complexity index is 2920. The number of fused-ring (bicyclic) bond motifs is 2. The molecule has 6 atom stereocenters. The van der Waals surface area contributed by atoms with Gasteiger partial charge in [-0.05, 0) is 75.2 Å². The molecule has 0 radical (unpaired) electrons. The highest BCUT2D eigenvalue weighted by Crippen LogP contribution is 2.41. The molecule has 2 unspecified atom stereocenters. The monoisotopic (exact) mass is 1130 g/mol. The molecule has 0 aliphatic carbocycles.